The van der Waals surface area contributed by atoms with E-state index in [0.717, 1.165) is 12.0 Å². The second kappa shape index (κ2) is 3.88. The van der Waals surface area contributed by atoms with Gasteiger partial charge in [-0.25, -0.2) is 0 Å². The molecule has 0 radical (unpaired) electrons. The summed E-state index contributed by atoms with van der Waals surface area (Å²) in [5.41, 5.74) is 0.253. The maximum absolute atomic E-state index is 10.3. The van der Waals surface area contributed by atoms with Gasteiger partial charge in [0.2, 0.25) is 0 Å². The molecule has 0 amide bonds. The number of aliphatic hydroxyl groups is 1. The van der Waals surface area contributed by atoms with Crippen LogP contribution >= 0.6 is 0 Å². The molecule has 1 aromatic heterocycles. The Kier molecular flexibility index (Phi) is 3.04. The lowest BCUT2D eigenvalue weighted by Crippen LogP contribution is -2.31. The van der Waals surface area contributed by atoms with Gasteiger partial charge in [-0.2, -0.15) is 0 Å². The predicted octanol–water partition coefficient (Wildman–Crippen LogP) is 2.34. The van der Waals surface area contributed by atoms with Crippen molar-refractivity contribution in [1.82, 2.24) is 4.98 Å². The third-order valence-corrected chi connectivity index (χ3v) is 2.67. The fraction of sp³-hybridized carbons (Fsp3) is 0.545. The zero-order valence-corrected chi connectivity index (χ0v) is 8.49. The summed E-state index contributed by atoms with van der Waals surface area (Å²) in [6, 6.07) is 3.76. The van der Waals surface area contributed by atoms with E-state index in [1.165, 1.54) is 0 Å². The Balaban J connectivity index is 3.03. The van der Waals surface area contributed by atoms with Crippen LogP contribution in [0.15, 0.2) is 24.5 Å². The average molecular weight is 179 g/mol. The van der Waals surface area contributed by atoms with Gasteiger partial charge >= 0.3 is 0 Å². The maximum atomic E-state index is 10.3. The minimum atomic E-state index is -0.705. The van der Waals surface area contributed by atoms with E-state index in [0.29, 0.717) is 0 Å². The lowest BCUT2D eigenvalue weighted by molar-refractivity contribution is -0.0140. The van der Waals surface area contributed by atoms with Crippen LogP contribution in [-0.4, -0.2) is 10.1 Å². The number of nitrogens with zero attached hydrogens (tertiary/aromatic N) is 1. The standard InChI is InChI=1S/C11H17NO/c1-4-11(13,9(2)3)10-5-7-12-8-6-10/h5-9,13H,4H2,1-3H3. The molecule has 0 aliphatic rings. The van der Waals surface area contributed by atoms with E-state index in [4.69, 9.17) is 0 Å². The first kappa shape index (κ1) is 10.2. The minimum Gasteiger partial charge on any atom is -0.385 e. The summed E-state index contributed by atoms with van der Waals surface area (Å²) in [7, 11) is 0. The molecule has 2 nitrogen and oxygen atoms in total. The lowest BCUT2D eigenvalue weighted by atomic mass is 9.82. The van der Waals surface area contributed by atoms with E-state index < -0.39 is 5.60 Å². The average Bonchev–Trinajstić information content (AvgIpc) is 2.17. The van der Waals surface area contributed by atoms with Crippen LogP contribution in [0.3, 0.4) is 0 Å². The lowest BCUT2D eigenvalue weighted by Gasteiger charge is -2.31. The minimum absolute atomic E-state index is 0.222. The molecule has 72 valence electrons. The normalized spacial score (nSPS) is 15.8. The Labute approximate surface area is 79.6 Å². The molecule has 0 bridgehead atoms. The van der Waals surface area contributed by atoms with Crippen LogP contribution < -0.4 is 0 Å². The Bertz CT molecular complexity index is 258. The van der Waals surface area contributed by atoms with Crippen LogP contribution in [0.25, 0.3) is 0 Å². The van der Waals surface area contributed by atoms with Crippen molar-refractivity contribution >= 4 is 0 Å². The largest absolute Gasteiger partial charge is 0.385 e. The molecule has 0 fully saturated rings. The van der Waals surface area contributed by atoms with Crippen LogP contribution in [0.5, 0.6) is 0 Å². The summed E-state index contributed by atoms with van der Waals surface area (Å²) >= 11 is 0. The smallest absolute Gasteiger partial charge is 0.0917 e. The van der Waals surface area contributed by atoms with Crippen molar-refractivity contribution in [2.24, 2.45) is 5.92 Å². The maximum Gasteiger partial charge on any atom is 0.0917 e. The fourth-order valence-electron chi connectivity index (χ4n) is 1.59. The molecule has 2 heteroatoms. The van der Waals surface area contributed by atoms with Crippen LogP contribution in [0, 0.1) is 5.92 Å². The highest BCUT2D eigenvalue weighted by Crippen LogP contribution is 2.31. The van der Waals surface area contributed by atoms with Gasteiger partial charge in [-0.3, -0.25) is 4.98 Å². The van der Waals surface area contributed by atoms with Gasteiger partial charge in [-0.05, 0) is 30.0 Å². The summed E-state index contributed by atoms with van der Waals surface area (Å²) in [5.74, 6) is 0.222. The van der Waals surface area contributed by atoms with Gasteiger partial charge in [0.15, 0.2) is 0 Å². The second-order valence-corrected chi connectivity index (χ2v) is 3.67. The molecule has 1 unspecified atom stereocenters. The van der Waals surface area contributed by atoms with Gasteiger partial charge in [0.05, 0.1) is 5.60 Å². The van der Waals surface area contributed by atoms with Gasteiger partial charge in [0.1, 0.15) is 0 Å². The van der Waals surface area contributed by atoms with E-state index in [1.54, 1.807) is 12.4 Å². The van der Waals surface area contributed by atoms with E-state index >= 15 is 0 Å². The number of hydrogen-bond acceptors (Lipinski definition) is 2. The van der Waals surface area contributed by atoms with E-state index in [-0.39, 0.29) is 5.92 Å². The molecule has 1 heterocycles. The monoisotopic (exact) mass is 179 g/mol. The Hall–Kier alpha value is -0.890. The van der Waals surface area contributed by atoms with Crippen molar-refractivity contribution < 1.29 is 5.11 Å². The highest BCUT2D eigenvalue weighted by atomic mass is 16.3. The molecule has 0 spiro atoms. The highest BCUT2D eigenvalue weighted by Gasteiger charge is 2.30. The molecule has 13 heavy (non-hydrogen) atoms. The van der Waals surface area contributed by atoms with Crippen molar-refractivity contribution in [3.63, 3.8) is 0 Å². The molecule has 1 aromatic rings. The van der Waals surface area contributed by atoms with Crippen LogP contribution in [0.2, 0.25) is 0 Å². The highest BCUT2D eigenvalue weighted by molar-refractivity contribution is 5.19. The zero-order valence-electron chi connectivity index (χ0n) is 8.49. The molecule has 0 saturated carbocycles. The first-order valence-electron chi connectivity index (χ1n) is 4.74. The number of rotatable bonds is 3. The number of pyridine rings is 1. The first-order valence-corrected chi connectivity index (χ1v) is 4.74. The molecule has 0 saturated heterocycles. The number of aromatic nitrogens is 1. The molecule has 0 aliphatic heterocycles. The predicted molar refractivity (Wildman–Crippen MR) is 53.3 cm³/mol. The summed E-state index contributed by atoms with van der Waals surface area (Å²) in [6.45, 7) is 6.06. The van der Waals surface area contributed by atoms with Crippen LogP contribution in [0.1, 0.15) is 32.8 Å². The van der Waals surface area contributed by atoms with E-state index in [2.05, 4.69) is 4.98 Å². The number of hydrogen-bond donors (Lipinski definition) is 1. The second-order valence-electron chi connectivity index (χ2n) is 3.67. The fourth-order valence-corrected chi connectivity index (χ4v) is 1.59. The van der Waals surface area contributed by atoms with Crippen molar-refractivity contribution in [2.75, 3.05) is 0 Å². The third-order valence-electron chi connectivity index (χ3n) is 2.67. The SMILES string of the molecule is CCC(O)(c1ccncc1)C(C)C. The van der Waals surface area contributed by atoms with E-state index in [1.807, 2.05) is 32.9 Å². The van der Waals surface area contributed by atoms with E-state index in [9.17, 15) is 5.11 Å². The molecule has 1 atom stereocenters. The topological polar surface area (TPSA) is 33.1 Å². The van der Waals surface area contributed by atoms with Crippen molar-refractivity contribution in [2.45, 2.75) is 32.8 Å². The first-order chi connectivity index (χ1) is 6.11. The zero-order chi connectivity index (χ0) is 9.90. The third kappa shape index (κ3) is 1.89. The van der Waals surface area contributed by atoms with Crippen LogP contribution in [-0.2, 0) is 5.60 Å². The van der Waals surface area contributed by atoms with Crippen LogP contribution in [0.4, 0.5) is 0 Å². The molecule has 1 rings (SSSR count). The Morgan fingerprint density at radius 3 is 2.31 bits per heavy atom. The van der Waals surface area contributed by atoms with Crippen molar-refractivity contribution in [1.29, 1.82) is 0 Å². The van der Waals surface area contributed by atoms with Gasteiger partial charge in [-0.15, -0.1) is 0 Å². The molecular formula is C11H17NO. The molecule has 0 aromatic carbocycles. The summed E-state index contributed by atoms with van der Waals surface area (Å²) in [5, 5.41) is 10.3. The van der Waals surface area contributed by atoms with Crippen molar-refractivity contribution in [3.05, 3.63) is 30.1 Å². The van der Waals surface area contributed by atoms with Gasteiger partial charge in [0, 0.05) is 12.4 Å². The van der Waals surface area contributed by atoms with Crippen molar-refractivity contribution in [3.8, 4) is 0 Å². The Morgan fingerprint density at radius 1 is 1.38 bits per heavy atom. The summed E-state index contributed by atoms with van der Waals surface area (Å²) in [6.07, 6.45) is 4.17. The van der Waals surface area contributed by atoms with Gasteiger partial charge in [0.25, 0.3) is 0 Å². The summed E-state index contributed by atoms with van der Waals surface area (Å²) in [4.78, 5) is 3.94. The molecular weight excluding hydrogens is 162 g/mol. The molecule has 0 aliphatic carbocycles. The quantitative estimate of drug-likeness (QED) is 0.772. The summed E-state index contributed by atoms with van der Waals surface area (Å²) < 4.78 is 0. The van der Waals surface area contributed by atoms with Gasteiger partial charge < -0.3 is 5.11 Å². The van der Waals surface area contributed by atoms with Gasteiger partial charge in [-0.1, -0.05) is 20.8 Å². The Morgan fingerprint density at radius 2 is 1.92 bits per heavy atom. The molecule has 1 N–H and O–H groups in total.